The Bertz CT molecular complexity index is 450. The van der Waals surface area contributed by atoms with Crippen LogP contribution in [-0.2, 0) is 6.42 Å². The van der Waals surface area contributed by atoms with Crippen LogP contribution in [-0.4, -0.2) is 7.05 Å². The smallest absolute Gasteiger partial charge is 0.176 e. The Morgan fingerprint density at radius 1 is 0.941 bits per heavy atom. The van der Waals surface area contributed by atoms with Gasteiger partial charge in [0.15, 0.2) is 6.30 Å². The molecule has 0 aliphatic carbocycles. The maximum absolute atomic E-state index is 13.3. The SMILES string of the molecule is CNC(F)c1ccc(Cc2ccccc2)cc1. The predicted octanol–water partition coefficient (Wildman–Crippen LogP) is 3.46. The number of benzene rings is 2. The highest BCUT2D eigenvalue weighted by molar-refractivity contribution is 5.29. The highest BCUT2D eigenvalue weighted by Crippen LogP contribution is 2.16. The third kappa shape index (κ3) is 3.14. The summed E-state index contributed by atoms with van der Waals surface area (Å²) in [4.78, 5) is 0. The van der Waals surface area contributed by atoms with Gasteiger partial charge in [-0.1, -0.05) is 54.6 Å². The van der Waals surface area contributed by atoms with Crippen molar-refractivity contribution in [2.45, 2.75) is 12.7 Å². The molecule has 2 heteroatoms. The lowest BCUT2D eigenvalue weighted by molar-refractivity contribution is 0.299. The summed E-state index contributed by atoms with van der Waals surface area (Å²) in [6, 6.07) is 17.9. The standard InChI is InChI=1S/C15H16FN/c1-17-15(16)14-9-7-13(8-10-14)11-12-5-3-2-4-6-12/h2-10,15,17H,11H2,1H3. The van der Waals surface area contributed by atoms with Crippen molar-refractivity contribution in [2.75, 3.05) is 7.05 Å². The summed E-state index contributed by atoms with van der Waals surface area (Å²) in [6.07, 6.45) is -0.196. The molecular weight excluding hydrogens is 213 g/mol. The Morgan fingerprint density at radius 2 is 1.53 bits per heavy atom. The molecular formula is C15H16FN. The second-order valence-corrected chi connectivity index (χ2v) is 4.06. The topological polar surface area (TPSA) is 12.0 Å². The molecule has 1 N–H and O–H groups in total. The molecule has 1 atom stereocenters. The van der Waals surface area contributed by atoms with Crippen LogP contribution in [0.4, 0.5) is 4.39 Å². The monoisotopic (exact) mass is 229 g/mol. The number of halogens is 1. The van der Waals surface area contributed by atoms with Gasteiger partial charge in [0.1, 0.15) is 0 Å². The summed E-state index contributed by atoms with van der Waals surface area (Å²) in [5.41, 5.74) is 3.14. The molecule has 0 aliphatic rings. The molecule has 2 aromatic carbocycles. The van der Waals surface area contributed by atoms with Crippen molar-refractivity contribution in [2.24, 2.45) is 0 Å². The minimum Gasteiger partial charge on any atom is -0.287 e. The molecule has 1 nitrogen and oxygen atoms in total. The highest BCUT2D eigenvalue weighted by atomic mass is 19.1. The fourth-order valence-corrected chi connectivity index (χ4v) is 1.80. The van der Waals surface area contributed by atoms with Crippen LogP contribution in [0.15, 0.2) is 54.6 Å². The van der Waals surface area contributed by atoms with E-state index in [-0.39, 0.29) is 0 Å². The average molecular weight is 229 g/mol. The van der Waals surface area contributed by atoms with Gasteiger partial charge in [0.2, 0.25) is 0 Å². The van der Waals surface area contributed by atoms with Crippen LogP contribution in [0.1, 0.15) is 23.0 Å². The van der Waals surface area contributed by atoms with Crippen LogP contribution in [0.2, 0.25) is 0 Å². The molecule has 0 heterocycles. The zero-order chi connectivity index (χ0) is 12.1. The number of nitrogens with one attached hydrogen (secondary N) is 1. The minimum absolute atomic E-state index is 0.671. The van der Waals surface area contributed by atoms with Gasteiger partial charge in [0.05, 0.1) is 0 Å². The van der Waals surface area contributed by atoms with Gasteiger partial charge in [0.25, 0.3) is 0 Å². The molecule has 0 saturated carbocycles. The summed E-state index contributed by atoms with van der Waals surface area (Å²) in [5, 5.41) is 2.58. The molecule has 0 aliphatic heterocycles. The van der Waals surface area contributed by atoms with Crippen LogP contribution < -0.4 is 5.32 Å². The lowest BCUT2D eigenvalue weighted by Gasteiger charge is -2.08. The first-order chi connectivity index (χ1) is 8.29. The molecule has 17 heavy (non-hydrogen) atoms. The molecule has 0 radical (unpaired) electrons. The molecule has 2 rings (SSSR count). The van der Waals surface area contributed by atoms with Crippen molar-refractivity contribution in [3.63, 3.8) is 0 Å². The molecule has 0 fully saturated rings. The molecule has 0 spiro atoms. The van der Waals surface area contributed by atoms with Gasteiger partial charge in [-0.3, -0.25) is 5.32 Å². The Labute approximate surface area is 101 Å². The lowest BCUT2D eigenvalue weighted by Crippen LogP contribution is -2.10. The third-order valence-corrected chi connectivity index (χ3v) is 2.78. The Hall–Kier alpha value is -1.67. The van der Waals surface area contributed by atoms with Crippen LogP contribution in [0.3, 0.4) is 0 Å². The van der Waals surface area contributed by atoms with E-state index in [0.29, 0.717) is 5.56 Å². The lowest BCUT2D eigenvalue weighted by atomic mass is 10.0. The van der Waals surface area contributed by atoms with E-state index in [4.69, 9.17) is 0 Å². The van der Waals surface area contributed by atoms with Crippen molar-refractivity contribution in [3.05, 3.63) is 71.3 Å². The predicted molar refractivity (Wildman–Crippen MR) is 68.6 cm³/mol. The van der Waals surface area contributed by atoms with Gasteiger partial charge >= 0.3 is 0 Å². The van der Waals surface area contributed by atoms with E-state index in [1.165, 1.54) is 11.1 Å². The van der Waals surface area contributed by atoms with E-state index < -0.39 is 6.30 Å². The Morgan fingerprint density at radius 3 is 2.12 bits per heavy atom. The normalized spacial score (nSPS) is 12.4. The first kappa shape index (κ1) is 11.8. The van der Waals surface area contributed by atoms with Crippen molar-refractivity contribution < 1.29 is 4.39 Å². The van der Waals surface area contributed by atoms with Crippen LogP contribution in [0, 0.1) is 0 Å². The first-order valence-electron chi connectivity index (χ1n) is 5.73. The van der Waals surface area contributed by atoms with Gasteiger partial charge < -0.3 is 0 Å². The molecule has 0 aromatic heterocycles. The first-order valence-corrected chi connectivity index (χ1v) is 5.73. The van der Waals surface area contributed by atoms with Gasteiger partial charge in [0, 0.05) is 5.56 Å². The summed E-state index contributed by atoms with van der Waals surface area (Å²) < 4.78 is 13.3. The van der Waals surface area contributed by atoms with Crippen molar-refractivity contribution in [3.8, 4) is 0 Å². The number of hydrogen-bond acceptors (Lipinski definition) is 1. The molecule has 0 amide bonds. The fourth-order valence-electron chi connectivity index (χ4n) is 1.80. The van der Waals surface area contributed by atoms with Gasteiger partial charge in [-0.15, -0.1) is 0 Å². The van der Waals surface area contributed by atoms with Crippen molar-refractivity contribution in [1.29, 1.82) is 0 Å². The van der Waals surface area contributed by atoms with E-state index in [1.54, 1.807) is 7.05 Å². The van der Waals surface area contributed by atoms with E-state index in [0.717, 1.165) is 6.42 Å². The summed E-state index contributed by atoms with van der Waals surface area (Å²) in [7, 11) is 1.61. The van der Waals surface area contributed by atoms with Crippen LogP contribution in [0.5, 0.6) is 0 Å². The zero-order valence-corrected chi connectivity index (χ0v) is 9.86. The van der Waals surface area contributed by atoms with Gasteiger partial charge in [-0.2, -0.15) is 0 Å². The molecule has 0 bridgehead atoms. The number of rotatable bonds is 4. The summed E-state index contributed by atoms with van der Waals surface area (Å²) >= 11 is 0. The molecule has 88 valence electrons. The number of alkyl halides is 1. The van der Waals surface area contributed by atoms with Crippen LogP contribution in [0.25, 0.3) is 0 Å². The second kappa shape index (κ2) is 5.60. The molecule has 0 saturated heterocycles. The van der Waals surface area contributed by atoms with E-state index in [2.05, 4.69) is 17.4 Å². The van der Waals surface area contributed by atoms with Gasteiger partial charge in [-0.05, 0) is 24.6 Å². The van der Waals surface area contributed by atoms with Crippen molar-refractivity contribution >= 4 is 0 Å². The fraction of sp³-hybridized carbons (Fsp3) is 0.200. The summed E-state index contributed by atoms with van der Waals surface area (Å²) in [6.45, 7) is 0. The highest BCUT2D eigenvalue weighted by Gasteiger charge is 2.05. The van der Waals surface area contributed by atoms with Crippen molar-refractivity contribution in [1.82, 2.24) is 5.32 Å². The Balaban J connectivity index is 2.08. The maximum atomic E-state index is 13.3. The van der Waals surface area contributed by atoms with E-state index in [9.17, 15) is 4.39 Å². The molecule has 2 aromatic rings. The Kier molecular flexibility index (Phi) is 3.89. The summed E-state index contributed by atoms with van der Waals surface area (Å²) in [5.74, 6) is 0. The van der Waals surface area contributed by atoms with E-state index >= 15 is 0 Å². The quantitative estimate of drug-likeness (QED) is 0.792. The zero-order valence-electron chi connectivity index (χ0n) is 9.86. The van der Waals surface area contributed by atoms with Gasteiger partial charge in [-0.25, -0.2) is 4.39 Å². The minimum atomic E-state index is -1.08. The third-order valence-electron chi connectivity index (χ3n) is 2.78. The van der Waals surface area contributed by atoms with Crippen LogP contribution >= 0.6 is 0 Å². The largest absolute Gasteiger partial charge is 0.287 e. The van der Waals surface area contributed by atoms with E-state index in [1.807, 2.05) is 42.5 Å². The number of hydrogen-bond donors (Lipinski definition) is 1. The second-order valence-electron chi connectivity index (χ2n) is 4.06. The molecule has 1 unspecified atom stereocenters. The maximum Gasteiger partial charge on any atom is 0.176 e. The average Bonchev–Trinajstić information content (AvgIpc) is 2.40.